The fourth-order valence-corrected chi connectivity index (χ4v) is 1.45. The summed E-state index contributed by atoms with van der Waals surface area (Å²) < 4.78 is 9.50. The fourth-order valence-electron chi connectivity index (χ4n) is 1.45. The van der Waals surface area contributed by atoms with E-state index in [1.807, 2.05) is 0 Å². The Balaban J connectivity index is 0. The van der Waals surface area contributed by atoms with Crippen molar-refractivity contribution in [3.63, 3.8) is 0 Å². The summed E-state index contributed by atoms with van der Waals surface area (Å²) in [6.45, 7) is 11.7. The summed E-state index contributed by atoms with van der Waals surface area (Å²) in [5.41, 5.74) is 0. The summed E-state index contributed by atoms with van der Waals surface area (Å²) in [4.78, 5) is 21.0. The first-order valence-electron chi connectivity index (χ1n) is 7.74. The molecule has 1 unspecified atom stereocenters. The van der Waals surface area contributed by atoms with Gasteiger partial charge in [0.1, 0.15) is 0 Å². The Morgan fingerprint density at radius 3 is 2.14 bits per heavy atom. The Labute approximate surface area is 134 Å². The molecule has 0 rings (SSSR count). The van der Waals surface area contributed by atoms with Gasteiger partial charge in [0.15, 0.2) is 0 Å². The predicted molar refractivity (Wildman–Crippen MR) is 87.3 cm³/mol. The van der Waals surface area contributed by atoms with Crippen molar-refractivity contribution in [2.24, 2.45) is 5.92 Å². The van der Waals surface area contributed by atoms with E-state index in [0.717, 1.165) is 18.9 Å². The minimum Gasteiger partial charge on any atom is -0.462 e. The second-order valence-electron chi connectivity index (χ2n) is 4.70. The summed E-state index contributed by atoms with van der Waals surface area (Å²) in [7, 11) is 0. The molecule has 1 N–H and O–H groups in total. The fraction of sp³-hybridized carbons (Fsp3) is 0.647. The van der Waals surface area contributed by atoms with Crippen LogP contribution in [0.4, 0.5) is 0 Å². The van der Waals surface area contributed by atoms with Gasteiger partial charge in [-0.25, -0.2) is 9.59 Å². The zero-order valence-corrected chi connectivity index (χ0v) is 13.9. The second kappa shape index (κ2) is 17.4. The van der Waals surface area contributed by atoms with Gasteiger partial charge < -0.3 is 14.6 Å². The maximum absolute atomic E-state index is 10.8. The van der Waals surface area contributed by atoms with E-state index < -0.39 is 5.97 Å². The quantitative estimate of drug-likeness (QED) is 0.360. The maximum atomic E-state index is 10.8. The molecular weight excluding hydrogens is 284 g/mol. The molecule has 5 nitrogen and oxygen atoms in total. The second-order valence-corrected chi connectivity index (χ2v) is 4.70. The smallest absolute Gasteiger partial charge is 0.330 e. The lowest BCUT2D eigenvalue weighted by Gasteiger charge is -2.13. The first-order valence-corrected chi connectivity index (χ1v) is 7.74. The highest BCUT2D eigenvalue weighted by molar-refractivity contribution is 5.81. The van der Waals surface area contributed by atoms with Crippen molar-refractivity contribution in [2.45, 2.75) is 46.0 Å². The number of esters is 2. The van der Waals surface area contributed by atoms with Gasteiger partial charge in [0.05, 0.1) is 13.2 Å². The standard InChI is InChI=1S/C11H20O2.C6H10O3/c1-4-7-8-10(5-2)9-13-11(12)6-3;1-2-6(8)9-5-3-4-7/h6,10H,3-5,7-9H2,1-2H3;2,7H,1,3-5H2. The summed E-state index contributed by atoms with van der Waals surface area (Å²) in [5, 5.41) is 8.23. The van der Waals surface area contributed by atoms with Crippen molar-refractivity contribution >= 4 is 11.9 Å². The van der Waals surface area contributed by atoms with Gasteiger partial charge in [0.25, 0.3) is 0 Å². The van der Waals surface area contributed by atoms with Crippen LogP contribution in [0.15, 0.2) is 25.3 Å². The van der Waals surface area contributed by atoms with Crippen LogP contribution < -0.4 is 0 Å². The molecule has 0 radical (unpaired) electrons. The molecule has 0 fully saturated rings. The molecule has 128 valence electrons. The van der Waals surface area contributed by atoms with E-state index in [4.69, 9.17) is 9.84 Å². The number of ether oxygens (including phenoxy) is 2. The predicted octanol–water partition coefficient (Wildman–Crippen LogP) is 3.03. The Morgan fingerprint density at radius 2 is 1.68 bits per heavy atom. The highest BCUT2D eigenvalue weighted by Crippen LogP contribution is 2.12. The number of hydrogen-bond donors (Lipinski definition) is 1. The van der Waals surface area contributed by atoms with Crippen molar-refractivity contribution in [3.05, 3.63) is 25.3 Å². The molecular formula is C17H30O5. The van der Waals surface area contributed by atoms with Crippen LogP contribution in [0.1, 0.15) is 46.0 Å². The minimum atomic E-state index is -0.441. The third-order valence-electron chi connectivity index (χ3n) is 2.88. The number of carbonyl (C=O) groups is 2. The normalized spacial score (nSPS) is 10.7. The van der Waals surface area contributed by atoms with E-state index in [-0.39, 0.29) is 19.2 Å². The molecule has 0 aromatic carbocycles. The molecule has 0 aromatic heterocycles. The van der Waals surface area contributed by atoms with Crippen LogP contribution >= 0.6 is 0 Å². The van der Waals surface area contributed by atoms with Gasteiger partial charge in [-0.1, -0.05) is 46.3 Å². The van der Waals surface area contributed by atoms with E-state index in [2.05, 4.69) is 31.7 Å². The lowest BCUT2D eigenvalue weighted by Crippen LogP contribution is -2.12. The van der Waals surface area contributed by atoms with Crippen LogP contribution in [0.2, 0.25) is 0 Å². The van der Waals surface area contributed by atoms with E-state index in [9.17, 15) is 9.59 Å². The molecule has 0 saturated heterocycles. The average Bonchev–Trinajstić information content (AvgIpc) is 2.55. The van der Waals surface area contributed by atoms with Crippen molar-refractivity contribution in [1.29, 1.82) is 0 Å². The van der Waals surface area contributed by atoms with E-state index in [0.29, 0.717) is 18.9 Å². The van der Waals surface area contributed by atoms with Crippen LogP contribution in [-0.4, -0.2) is 36.9 Å². The molecule has 0 amide bonds. The van der Waals surface area contributed by atoms with Crippen molar-refractivity contribution < 1.29 is 24.2 Å². The van der Waals surface area contributed by atoms with Crippen LogP contribution in [0.3, 0.4) is 0 Å². The molecule has 0 heterocycles. The Morgan fingerprint density at radius 1 is 1.09 bits per heavy atom. The van der Waals surface area contributed by atoms with Crippen LogP contribution in [0.25, 0.3) is 0 Å². The zero-order chi connectivity index (χ0) is 17.2. The highest BCUT2D eigenvalue weighted by Gasteiger charge is 2.07. The monoisotopic (exact) mass is 314 g/mol. The van der Waals surface area contributed by atoms with E-state index in [1.165, 1.54) is 18.9 Å². The number of aliphatic hydroxyl groups excluding tert-OH is 1. The zero-order valence-electron chi connectivity index (χ0n) is 13.9. The number of carbonyl (C=O) groups excluding carboxylic acids is 2. The number of unbranched alkanes of at least 4 members (excludes halogenated alkanes) is 1. The number of aliphatic hydroxyl groups is 1. The van der Waals surface area contributed by atoms with Gasteiger partial charge in [0.2, 0.25) is 0 Å². The molecule has 0 aromatic rings. The van der Waals surface area contributed by atoms with Crippen molar-refractivity contribution in [1.82, 2.24) is 0 Å². The highest BCUT2D eigenvalue weighted by atomic mass is 16.5. The molecule has 0 aliphatic rings. The molecule has 0 saturated carbocycles. The molecule has 22 heavy (non-hydrogen) atoms. The van der Waals surface area contributed by atoms with Gasteiger partial charge in [0, 0.05) is 25.2 Å². The Bertz CT molecular complexity index is 312. The first kappa shape index (κ1) is 22.7. The third-order valence-corrected chi connectivity index (χ3v) is 2.88. The van der Waals surface area contributed by atoms with Crippen LogP contribution in [-0.2, 0) is 19.1 Å². The van der Waals surface area contributed by atoms with Crippen molar-refractivity contribution in [2.75, 3.05) is 19.8 Å². The van der Waals surface area contributed by atoms with E-state index >= 15 is 0 Å². The summed E-state index contributed by atoms with van der Waals surface area (Å²) >= 11 is 0. The van der Waals surface area contributed by atoms with Gasteiger partial charge in [-0.05, 0) is 12.3 Å². The topological polar surface area (TPSA) is 72.8 Å². The Kier molecular flexibility index (Phi) is 18.0. The van der Waals surface area contributed by atoms with Gasteiger partial charge in [-0.2, -0.15) is 0 Å². The molecule has 1 atom stereocenters. The minimum absolute atomic E-state index is 0.0461. The third kappa shape index (κ3) is 16.4. The van der Waals surface area contributed by atoms with Gasteiger partial charge in [-0.15, -0.1) is 0 Å². The largest absolute Gasteiger partial charge is 0.462 e. The lowest BCUT2D eigenvalue weighted by molar-refractivity contribution is -0.139. The average molecular weight is 314 g/mol. The Hall–Kier alpha value is -1.62. The molecule has 0 bridgehead atoms. The summed E-state index contributed by atoms with van der Waals surface area (Å²) in [6, 6.07) is 0. The molecule has 0 spiro atoms. The van der Waals surface area contributed by atoms with Crippen LogP contribution in [0, 0.1) is 5.92 Å². The lowest BCUT2D eigenvalue weighted by atomic mass is 10.0. The van der Waals surface area contributed by atoms with Crippen molar-refractivity contribution in [3.8, 4) is 0 Å². The number of rotatable bonds is 11. The first-order chi connectivity index (χ1) is 10.5. The number of hydrogen-bond acceptors (Lipinski definition) is 5. The summed E-state index contributed by atoms with van der Waals surface area (Å²) in [5.74, 6) is -0.234. The van der Waals surface area contributed by atoms with E-state index in [1.54, 1.807) is 0 Å². The van der Waals surface area contributed by atoms with Gasteiger partial charge in [-0.3, -0.25) is 0 Å². The van der Waals surface area contributed by atoms with Gasteiger partial charge >= 0.3 is 11.9 Å². The SMILES string of the molecule is C=CC(=O)OCC(CC)CCCC.C=CC(=O)OCCCO. The molecule has 5 heteroatoms. The maximum Gasteiger partial charge on any atom is 0.330 e. The van der Waals surface area contributed by atoms with Crippen LogP contribution in [0.5, 0.6) is 0 Å². The molecule has 0 aliphatic heterocycles. The molecule has 0 aliphatic carbocycles. The summed E-state index contributed by atoms with van der Waals surface area (Å²) in [6.07, 6.45) is 7.43.